The number of benzene rings is 2. The maximum atomic E-state index is 12.5. The van der Waals surface area contributed by atoms with E-state index in [1.807, 2.05) is 18.2 Å². The molecule has 26 heavy (non-hydrogen) atoms. The van der Waals surface area contributed by atoms with E-state index in [4.69, 9.17) is 21.1 Å². The van der Waals surface area contributed by atoms with Crippen LogP contribution in [0.1, 0.15) is 18.4 Å². The second-order valence-electron chi connectivity index (χ2n) is 6.41. The minimum absolute atomic E-state index is 0.116. The molecule has 1 fully saturated rings. The average Bonchev–Trinajstić information content (AvgIpc) is 2.68. The number of anilines is 1. The summed E-state index contributed by atoms with van der Waals surface area (Å²) in [7, 11) is 1.55. The molecule has 1 aliphatic rings. The fourth-order valence-electron chi connectivity index (χ4n) is 3.32. The highest BCUT2D eigenvalue weighted by Gasteiger charge is 2.34. The first-order chi connectivity index (χ1) is 12.6. The van der Waals surface area contributed by atoms with Crippen LogP contribution in [-0.4, -0.2) is 32.9 Å². The van der Waals surface area contributed by atoms with Crippen molar-refractivity contribution >= 4 is 23.3 Å². The first-order valence-corrected chi connectivity index (χ1v) is 9.02. The Bertz CT molecular complexity index is 746. The Kier molecular flexibility index (Phi) is 6.01. The third-order valence-corrected chi connectivity index (χ3v) is 5.07. The monoisotopic (exact) mass is 374 g/mol. The predicted octanol–water partition coefficient (Wildman–Crippen LogP) is 4.22. The van der Waals surface area contributed by atoms with Crippen molar-refractivity contribution in [2.24, 2.45) is 0 Å². The first-order valence-electron chi connectivity index (χ1n) is 8.65. The third-order valence-electron chi connectivity index (χ3n) is 4.83. The highest BCUT2D eigenvalue weighted by Crippen LogP contribution is 2.34. The number of halogens is 1. The molecule has 0 radical (unpaired) electrons. The molecule has 3 rings (SSSR count). The second-order valence-corrected chi connectivity index (χ2v) is 6.85. The quantitative estimate of drug-likeness (QED) is 0.823. The SMILES string of the molecule is COc1ccc(Cl)cc1NC(=O)NCC1(c2ccccc2)CCOCC1. The van der Waals surface area contributed by atoms with Gasteiger partial charge in [-0.25, -0.2) is 4.79 Å². The van der Waals surface area contributed by atoms with E-state index in [1.54, 1.807) is 25.3 Å². The molecule has 2 N–H and O–H groups in total. The largest absolute Gasteiger partial charge is 0.495 e. The smallest absolute Gasteiger partial charge is 0.319 e. The van der Waals surface area contributed by atoms with Crippen LogP contribution >= 0.6 is 11.6 Å². The van der Waals surface area contributed by atoms with Crippen molar-refractivity contribution in [3.8, 4) is 5.75 Å². The lowest BCUT2D eigenvalue weighted by atomic mass is 9.74. The normalized spacial score (nSPS) is 15.9. The summed E-state index contributed by atoms with van der Waals surface area (Å²) >= 11 is 6.02. The lowest BCUT2D eigenvalue weighted by molar-refractivity contribution is 0.0508. The summed E-state index contributed by atoms with van der Waals surface area (Å²) in [6.45, 7) is 1.93. The number of carbonyl (C=O) groups excluding carboxylic acids is 1. The van der Waals surface area contributed by atoms with E-state index < -0.39 is 0 Å². The molecule has 1 aliphatic heterocycles. The molecule has 6 heteroatoms. The molecule has 0 bridgehead atoms. The van der Waals surface area contributed by atoms with Gasteiger partial charge in [-0.05, 0) is 36.6 Å². The number of nitrogens with one attached hydrogen (secondary N) is 2. The molecule has 0 unspecified atom stereocenters. The van der Waals surface area contributed by atoms with Crippen LogP contribution in [0.4, 0.5) is 10.5 Å². The van der Waals surface area contributed by atoms with Crippen molar-refractivity contribution in [3.63, 3.8) is 0 Å². The lowest BCUT2D eigenvalue weighted by Gasteiger charge is -2.38. The molecule has 2 amide bonds. The van der Waals surface area contributed by atoms with Crippen molar-refractivity contribution in [2.75, 3.05) is 32.2 Å². The second kappa shape index (κ2) is 8.43. The van der Waals surface area contributed by atoms with E-state index in [2.05, 4.69) is 22.8 Å². The van der Waals surface area contributed by atoms with Gasteiger partial charge in [-0.15, -0.1) is 0 Å². The van der Waals surface area contributed by atoms with Gasteiger partial charge in [0.1, 0.15) is 5.75 Å². The van der Waals surface area contributed by atoms with Crippen LogP contribution in [0.15, 0.2) is 48.5 Å². The summed E-state index contributed by atoms with van der Waals surface area (Å²) in [6, 6.07) is 15.1. The molecule has 0 aliphatic carbocycles. The fourth-order valence-corrected chi connectivity index (χ4v) is 3.49. The van der Waals surface area contributed by atoms with Crippen LogP contribution in [0.25, 0.3) is 0 Å². The molecule has 0 atom stereocenters. The summed E-state index contributed by atoms with van der Waals surface area (Å²) in [5, 5.41) is 6.36. The third kappa shape index (κ3) is 4.29. The zero-order valence-electron chi connectivity index (χ0n) is 14.8. The van der Waals surface area contributed by atoms with Crippen LogP contribution in [-0.2, 0) is 10.2 Å². The number of carbonyl (C=O) groups is 1. The van der Waals surface area contributed by atoms with Crippen LogP contribution in [0.2, 0.25) is 5.02 Å². The Morgan fingerprint density at radius 3 is 2.62 bits per heavy atom. The highest BCUT2D eigenvalue weighted by atomic mass is 35.5. The Morgan fingerprint density at radius 1 is 1.19 bits per heavy atom. The lowest BCUT2D eigenvalue weighted by Crippen LogP contribution is -2.45. The summed E-state index contributed by atoms with van der Waals surface area (Å²) in [4.78, 5) is 12.5. The maximum Gasteiger partial charge on any atom is 0.319 e. The minimum atomic E-state index is -0.285. The molecule has 1 heterocycles. The summed E-state index contributed by atoms with van der Waals surface area (Å²) < 4.78 is 10.8. The Hall–Kier alpha value is -2.24. The van der Waals surface area contributed by atoms with Crippen LogP contribution in [0.5, 0.6) is 5.75 Å². The van der Waals surface area contributed by atoms with Gasteiger partial charge in [0.15, 0.2) is 0 Å². The number of rotatable bonds is 5. The van der Waals surface area contributed by atoms with Crippen molar-refractivity contribution in [1.82, 2.24) is 5.32 Å². The predicted molar refractivity (Wildman–Crippen MR) is 103 cm³/mol. The van der Waals surface area contributed by atoms with E-state index in [0.29, 0.717) is 36.2 Å². The molecule has 5 nitrogen and oxygen atoms in total. The van der Waals surface area contributed by atoms with Gasteiger partial charge in [0.05, 0.1) is 12.8 Å². The number of urea groups is 1. The highest BCUT2D eigenvalue weighted by molar-refractivity contribution is 6.31. The maximum absolute atomic E-state index is 12.5. The van der Waals surface area contributed by atoms with Gasteiger partial charge in [0, 0.05) is 30.2 Å². The van der Waals surface area contributed by atoms with Crippen LogP contribution < -0.4 is 15.4 Å². The van der Waals surface area contributed by atoms with Crippen molar-refractivity contribution in [1.29, 1.82) is 0 Å². The van der Waals surface area contributed by atoms with Gasteiger partial charge in [-0.2, -0.15) is 0 Å². The van der Waals surface area contributed by atoms with Crippen LogP contribution in [0.3, 0.4) is 0 Å². The van der Waals surface area contributed by atoms with Gasteiger partial charge in [-0.1, -0.05) is 41.9 Å². The number of hydrogen-bond acceptors (Lipinski definition) is 3. The summed E-state index contributed by atoms with van der Waals surface area (Å²) in [6.07, 6.45) is 1.75. The fraction of sp³-hybridized carbons (Fsp3) is 0.350. The standard InChI is InChI=1S/C20H23ClN2O3/c1-25-18-8-7-16(21)13-17(18)23-19(24)22-14-20(9-11-26-12-10-20)15-5-3-2-4-6-15/h2-8,13H,9-12,14H2,1H3,(H2,22,23,24). The average molecular weight is 375 g/mol. The number of amides is 2. The molecule has 2 aromatic carbocycles. The molecule has 0 aromatic heterocycles. The molecular formula is C20H23ClN2O3. The molecular weight excluding hydrogens is 352 g/mol. The molecule has 2 aromatic rings. The summed E-state index contributed by atoms with van der Waals surface area (Å²) in [5.41, 5.74) is 1.65. The van der Waals surface area contributed by atoms with E-state index in [1.165, 1.54) is 5.56 Å². The van der Waals surface area contributed by atoms with Gasteiger partial charge < -0.3 is 20.1 Å². The zero-order valence-corrected chi connectivity index (χ0v) is 15.5. The Morgan fingerprint density at radius 2 is 1.92 bits per heavy atom. The first kappa shape index (κ1) is 18.5. The van der Waals surface area contributed by atoms with E-state index >= 15 is 0 Å². The van der Waals surface area contributed by atoms with E-state index in [-0.39, 0.29) is 11.4 Å². The zero-order chi connectivity index (χ0) is 18.4. The molecule has 138 valence electrons. The Balaban J connectivity index is 1.70. The topological polar surface area (TPSA) is 59.6 Å². The van der Waals surface area contributed by atoms with Gasteiger partial charge in [0.25, 0.3) is 0 Å². The molecule has 1 saturated heterocycles. The van der Waals surface area contributed by atoms with E-state index in [0.717, 1.165) is 12.8 Å². The van der Waals surface area contributed by atoms with Crippen molar-refractivity contribution < 1.29 is 14.3 Å². The Labute approximate surface area is 158 Å². The molecule has 0 saturated carbocycles. The van der Waals surface area contributed by atoms with Crippen molar-refractivity contribution in [2.45, 2.75) is 18.3 Å². The van der Waals surface area contributed by atoms with Gasteiger partial charge in [-0.3, -0.25) is 0 Å². The van der Waals surface area contributed by atoms with Crippen molar-refractivity contribution in [3.05, 3.63) is 59.1 Å². The van der Waals surface area contributed by atoms with E-state index in [9.17, 15) is 4.79 Å². The summed E-state index contributed by atoms with van der Waals surface area (Å²) in [5.74, 6) is 0.563. The minimum Gasteiger partial charge on any atom is -0.495 e. The number of ether oxygens (including phenoxy) is 2. The number of hydrogen-bond donors (Lipinski definition) is 2. The van der Waals surface area contributed by atoms with Gasteiger partial charge in [0.2, 0.25) is 0 Å². The molecule has 0 spiro atoms. The van der Waals surface area contributed by atoms with Crippen LogP contribution in [0, 0.1) is 0 Å². The van der Waals surface area contributed by atoms with Gasteiger partial charge >= 0.3 is 6.03 Å². The number of methoxy groups -OCH3 is 1.